The van der Waals surface area contributed by atoms with Crippen molar-refractivity contribution < 1.29 is 9.90 Å². The average molecular weight is 266 g/mol. The molecule has 0 bridgehead atoms. The lowest BCUT2D eigenvalue weighted by Crippen LogP contribution is -2.37. The maximum absolute atomic E-state index is 11.7. The fourth-order valence-corrected chi connectivity index (χ4v) is 2.67. The van der Waals surface area contributed by atoms with E-state index in [1.807, 2.05) is 12.3 Å². The van der Waals surface area contributed by atoms with Gasteiger partial charge in [-0.3, -0.25) is 4.79 Å². The van der Waals surface area contributed by atoms with E-state index in [1.165, 1.54) is 6.08 Å². The molecule has 2 N–H and O–H groups in total. The highest BCUT2D eigenvalue weighted by Gasteiger charge is 2.19. The van der Waals surface area contributed by atoms with E-state index < -0.39 is 0 Å². The molecule has 0 atom stereocenters. The van der Waals surface area contributed by atoms with Crippen LogP contribution in [0.25, 0.3) is 6.08 Å². The van der Waals surface area contributed by atoms with Crippen LogP contribution in [0.1, 0.15) is 36.4 Å². The zero-order valence-electron chi connectivity index (χ0n) is 10.4. The van der Waals surface area contributed by atoms with Gasteiger partial charge in [-0.25, -0.2) is 4.98 Å². The molecule has 0 aromatic carbocycles. The van der Waals surface area contributed by atoms with Gasteiger partial charge in [-0.15, -0.1) is 11.3 Å². The van der Waals surface area contributed by atoms with Crippen LogP contribution in [-0.2, 0) is 4.79 Å². The predicted molar refractivity (Wildman–Crippen MR) is 72.3 cm³/mol. The van der Waals surface area contributed by atoms with Crippen molar-refractivity contribution in [3.05, 3.63) is 22.2 Å². The van der Waals surface area contributed by atoms with Crippen LogP contribution < -0.4 is 5.32 Å². The van der Waals surface area contributed by atoms with Gasteiger partial charge in [0.1, 0.15) is 0 Å². The van der Waals surface area contributed by atoms with Crippen LogP contribution in [0.2, 0.25) is 0 Å². The van der Waals surface area contributed by atoms with Gasteiger partial charge in [-0.05, 0) is 38.7 Å². The molecule has 18 heavy (non-hydrogen) atoms. The summed E-state index contributed by atoms with van der Waals surface area (Å²) >= 11 is 1.57. The summed E-state index contributed by atoms with van der Waals surface area (Å²) in [6, 6.07) is 0.197. The third-order valence-electron chi connectivity index (χ3n) is 3.09. The summed E-state index contributed by atoms with van der Waals surface area (Å²) < 4.78 is 0. The lowest BCUT2D eigenvalue weighted by atomic mass is 9.93. The number of aryl methyl sites for hydroxylation is 1. The Kier molecular flexibility index (Phi) is 4.49. The number of aliphatic hydroxyl groups is 1. The van der Waals surface area contributed by atoms with Crippen LogP contribution in [0.5, 0.6) is 0 Å². The van der Waals surface area contributed by atoms with Gasteiger partial charge in [-0.2, -0.15) is 0 Å². The smallest absolute Gasteiger partial charge is 0.244 e. The highest BCUT2D eigenvalue weighted by atomic mass is 32.1. The summed E-state index contributed by atoms with van der Waals surface area (Å²) in [4.78, 5) is 15.9. The first-order valence-electron chi connectivity index (χ1n) is 6.22. The third kappa shape index (κ3) is 3.92. The minimum atomic E-state index is -0.188. The number of aliphatic hydroxyl groups excluding tert-OH is 1. The number of amides is 1. The Morgan fingerprint density at radius 1 is 1.50 bits per heavy atom. The summed E-state index contributed by atoms with van der Waals surface area (Å²) in [6.07, 6.45) is 6.34. The van der Waals surface area contributed by atoms with Crippen molar-refractivity contribution in [2.24, 2.45) is 0 Å². The van der Waals surface area contributed by atoms with Gasteiger partial charge in [0, 0.05) is 17.5 Å². The first kappa shape index (κ1) is 13.2. The topological polar surface area (TPSA) is 62.2 Å². The maximum atomic E-state index is 11.7. The first-order chi connectivity index (χ1) is 8.63. The second kappa shape index (κ2) is 6.11. The molecular weight excluding hydrogens is 248 g/mol. The summed E-state index contributed by atoms with van der Waals surface area (Å²) in [6.45, 7) is 1.94. The van der Waals surface area contributed by atoms with Crippen LogP contribution in [0, 0.1) is 6.92 Å². The van der Waals surface area contributed by atoms with E-state index in [4.69, 9.17) is 0 Å². The molecule has 1 aliphatic rings. The molecular formula is C13H18N2O2S. The molecule has 0 unspecified atom stereocenters. The van der Waals surface area contributed by atoms with Crippen molar-refractivity contribution in [3.63, 3.8) is 0 Å². The van der Waals surface area contributed by atoms with E-state index in [9.17, 15) is 9.90 Å². The number of hydrogen-bond donors (Lipinski definition) is 2. The number of aromatic nitrogens is 1. The van der Waals surface area contributed by atoms with Crippen molar-refractivity contribution in [3.8, 4) is 0 Å². The Balaban J connectivity index is 1.80. The molecule has 4 nitrogen and oxygen atoms in total. The van der Waals surface area contributed by atoms with Crippen molar-refractivity contribution in [1.82, 2.24) is 10.3 Å². The number of thiazole rings is 1. The Morgan fingerprint density at radius 2 is 2.22 bits per heavy atom. The number of nitrogens with zero attached hydrogens (tertiary/aromatic N) is 1. The van der Waals surface area contributed by atoms with Gasteiger partial charge in [0.2, 0.25) is 5.91 Å². The van der Waals surface area contributed by atoms with Crippen molar-refractivity contribution >= 4 is 23.3 Å². The molecule has 2 rings (SSSR count). The van der Waals surface area contributed by atoms with Crippen LogP contribution in [-0.4, -0.2) is 28.1 Å². The highest BCUT2D eigenvalue weighted by molar-refractivity contribution is 7.09. The molecule has 1 amide bonds. The van der Waals surface area contributed by atoms with Crippen LogP contribution in [0.15, 0.2) is 11.5 Å². The number of carbonyl (C=O) groups excluding carboxylic acids is 1. The predicted octanol–water partition coefficient (Wildman–Crippen LogP) is 1.88. The van der Waals surface area contributed by atoms with Crippen molar-refractivity contribution in [1.29, 1.82) is 0 Å². The van der Waals surface area contributed by atoms with Crippen LogP contribution in [0.4, 0.5) is 0 Å². The maximum Gasteiger partial charge on any atom is 0.244 e. The Bertz CT molecular complexity index is 434. The third-order valence-corrected chi connectivity index (χ3v) is 3.88. The molecule has 5 heteroatoms. The number of nitrogens with one attached hydrogen (secondary N) is 1. The van der Waals surface area contributed by atoms with E-state index in [1.54, 1.807) is 17.4 Å². The Labute approximate surface area is 111 Å². The van der Waals surface area contributed by atoms with E-state index in [0.717, 1.165) is 36.4 Å². The van der Waals surface area contributed by atoms with E-state index in [-0.39, 0.29) is 18.1 Å². The largest absolute Gasteiger partial charge is 0.393 e. The van der Waals surface area contributed by atoms with Gasteiger partial charge < -0.3 is 10.4 Å². The second-order valence-electron chi connectivity index (χ2n) is 4.64. The molecule has 0 radical (unpaired) electrons. The molecule has 1 saturated carbocycles. The van der Waals surface area contributed by atoms with Gasteiger partial charge in [0.15, 0.2) is 0 Å². The van der Waals surface area contributed by atoms with Crippen LogP contribution >= 0.6 is 11.3 Å². The Hall–Kier alpha value is -1.20. The zero-order valence-corrected chi connectivity index (χ0v) is 11.2. The van der Waals surface area contributed by atoms with Gasteiger partial charge in [0.25, 0.3) is 0 Å². The van der Waals surface area contributed by atoms with Crippen LogP contribution in [0.3, 0.4) is 0 Å². The molecule has 0 aliphatic heterocycles. The summed E-state index contributed by atoms with van der Waals surface area (Å²) in [5.41, 5.74) is 0.826. The van der Waals surface area contributed by atoms with Gasteiger partial charge >= 0.3 is 0 Å². The fourth-order valence-electron chi connectivity index (χ4n) is 2.09. The Morgan fingerprint density at radius 3 is 2.83 bits per heavy atom. The summed E-state index contributed by atoms with van der Waals surface area (Å²) in [5.74, 6) is -0.0814. The first-order valence-corrected chi connectivity index (χ1v) is 7.10. The number of rotatable bonds is 3. The highest BCUT2D eigenvalue weighted by Crippen LogP contribution is 2.18. The van der Waals surface area contributed by atoms with Crippen molar-refractivity contribution in [2.75, 3.05) is 0 Å². The molecule has 1 aliphatic carbocycles. The summed E-state index contributed by atoms with van der Waals surface area (Å²) in [7, 11) is 0. The zero-order chi connectivity index (χ0) is 13.0. The fraction of sp³-hybridized carbons (Fsp3) is 0.538. The molecule has 98 valence electrons. The van der Waals surface area contributed by atoms with E-state index in [2.05, 4.69) is 10.3 Å². The molecule has 1 aromatic rings. The minimum absolute atomic E-state index is 0.0814. The molecule has 0 spiro atoms. The minimum Gasteiger partial charge on any atom is -0.393 e. The lowest BCUT2D eigenvalue weighted by molar-refractivity contribution is -0.117. The van der Waals surface area contributed by atoms with E-state index >= 15 is 0 Å². The van der Waals surface area contributed by atoms with Gasteiger partial charge in [-0.1, -0.05) is 0 Å². The molecule has 1 heterocycles. The molecule has 1 fully saturated rings. The number of hydrogen-bond acceptors (Lipinski definition) is 4. The summed E-state index contributed by atoms with van der Waals surface area (Å²) in [5, 5.41) is 15.3. The lowest BCUT2D eigenvalue weighted by Gasteiger charge is -2.25. The van der Waals surface area contributed by atoms with Crippen molar-refractivity contribution in [2.45, 2.75) is 44.8 Å². The molecule has 0 saturated heterocycles. The van der Waals surface area contributed by atoms with Gasteiger partial charge in [0.05, 0.1) is 16.8 Å². The number of carbonyl (C=O) groups is 1. The monoisotopic (exact) mass is 266 g/mol. The average Bonchev–Trinajstić information content (AvgIpc) is 2.76. The molecule has 1 aromatic heterocycles. The SMILES string of the molecule is Cc1nc(C=CC(=O)NC2CCC(O)CC2)cs1. The quantitative estimate of drug-likeness (QED) is 0.821. The standard InChI is InChI=1S/C13H18N2O2S/c1-9-14-11(8-18-9)4-7-13(17)15-10-2-5-12(16)6-3-10/h4,7-8,10,12,16H,2-3,5-6H2,1H3,(H,15,17). The second-order valence-corrected chi connectivity index (χ2v) is 5.70. The van der Waals surface area contributed by atoms with E-state index in [0.29, 0.717) is 0 Å². The normalized spacial score (nSPS) is 24.3.